The number of rotatable bonds is 7. The van der Waals surface area contributed by atoms with Crippen molar-refractivity contribution in [2.75, 3.05) is 6.54 Å². The fourth-order valence-corrected chi connectivity index (χ4v) is 2.48. The van der Waals surface area contributed by atoms with Gasteiger partial charge in [0.1, 0.15) is 0 Å². The molecule has 2 rings (SSSR count). The molecular weight excluding hydrogens is 262 g/mol. The van der Waals surface area contributed by atoms with Crippen LogP contribution in [0, 0.1) is 5.92 Å². The summed E-state index contributed by atoms with van der Waals surface area (Å²) in [5.74, 6) is 0.603. The first-order valence-electron chi connectivity index (χ1n) is 7.66. The van der Waals surface area contributed by atoms with Crippen LogP contribution in [0.5, 0.6) is 0 Å². The summed E-state index contributed by atoms with van der Waals surface area (Å²) in [4.78, 5) is 15.2. The fourth-order valence-electron chi connectivity index (χ4n) is 2.48. The summed E-state index contributed by atoms with van der Waals surface area (Å²) in [7, 11) is 0. The number of carbonyl (C=O) groups excluding carboxylic acids is 1. The van der Waals surface area contributed by atoms with E-state index in [2.05, 4.69) is 30.2 Å². The van der Waals surface area contributed by atoms with Crippen LogP contribution >= 0.6 is 0 Å². The van der Waals surface area contributed by atoms with Crippen LogP contribution in [-0.2, 0) is 11.2 Å². The maximum Gasteiger partial charge on any atom is 0.237 e. The number of hydrogen-bond acceptors (Lipinski definition) is 2. The molecule has 0 spiro atoms. The van der Waals surface area contributed by atoms with E-state index in [9.17, 15) is 4.79 Å². The van der Waals surface area contributed by atoms with Gasteiger partial charge in [-0.1, -0.05) is 32.0 Å². The molecule has 0 fully saturated rings. The number of para-hydroxylation sites is 1. The van der Waals surface area contributed by atoms with E-state index in [0.29, 0.717) is 18.9 Å². The standard InChI is InChI=1S/C17H25N3O/c1-12(2)6-5-9-19-17(21)15(18)10-13-11-20-16-8-4-3-7-14(13)16/h3-4,7-8,11-12,15,20H,5-6,9-10,18H2,1-2H3,(H,19,21). The lowest BCUT2D eigenvalue weighted by atomic mass is 10.0. The Morgan fingerprint density at radius 2 is 2.10 bits per heavy atom. The predicted octanol–water partition coefficient (Wildman–Crippen LogP) is 2.59. The molecule has 0 aliphatic rings. The molecule has 1 aromatic carbocycles. The number of nitrogens with one attached hydrogen (secondary N) is 2. The number of aromatic nitrogens is 1. The molecule has 0 saturated heterocycles. The molecule has 1 aromatic heterocycles. The number of fused-ring (bicyclic) bond motifs is 1. The zero-order valence-corrected chi connectivity index (χ0v) is 12.9. The molecule has 0 bridgehead atoms. The molecule has 1 heterocycles. The van der Waals surface area contributed by atoms with E-state index in [-0.39, 0.29) is 5.91 Å². The number of benzene rings is 1. The SMILES string of the molecule is CC(C)CCCNC(=O)C(N)Cc1c[nH]c2ccccc12. The Balaban J connectivity index is 1.86. The third kappa shape index (κ3) is 4.33. The highest BCUT2D eigenvalue weighted by atomic mass is 16.2. The van der Waals surface area contributed by atoms with E-state index in [0.717, 1.165) is 29.3 Å². The Kier molecular flexibility index (Phi) is 5.39. The van der Waals surface area contributed by atoms with E-state index in [1.54, 1.807) is 0 Å². The summed E-state index contributed by atoms with van der Waals surface area (Å²) in [5.41, 5.74) is 8.19. The summed E-state index contributed by atoms with van der Waals surface area (Å²) in [5, 5.41) is 4.06. The Bertz CT molecular complexity index is 588. The van der Waals surface area contributed by atoms with Crippen molar-refractivity contribution < 1.29 is 4.79 Å². The molecule has 0 aliphatic heterocycles. The quantitative estimate of drug-likeness (QED) is 0.685. The maximum atomic E-state index is 12.0. The van der Waals surface area contributed by atoms with Gasteiger partial charge in [0.25, 0.3) is 0 Å². The first kappa shape index (κ1) is 15.6. The minimum atomic E-state index is -0.497. The molecule has 114 valence electrons. The van der Waals surface area contributed by atoms with Gasteiger partial charge in [0.05, 0.1) is 6.04 Å². The zero-order valence-electron chi connectivity index (χ0n) is 12.9. The third-order valence-corrected chi connectivity index (χ3v) is 3.71. The van der Waals surface area contributed by atoms with Crippen molar-refractivity contribution in [1.82, 2.24) is 10.3 Å². The highest BCUT2D eigenvalue weighted by Crippen LogP contribution is 2.18. The summed E-state index contributed by atoms with van der Waals surface area (Å²) < 4.78 is 0. The Morgan fingerprint density at radius 1 is 1.33 bits per heavy atom. The molecule has 4 nitrogen and oxygen atoms in total. The Hall–Kier alpha value is -1.81. The minimum Gasteiger partial charge on any atom is -0.361 e. The predicted molar refractivity (Wildman–Crippen MR) is 87.1 cm³/mol. The molecule has 1 unspecified atom stereocenters. The monoisotopic (exact) mass is 287 g/mol. The maximum absolute atomic E-state index is 12.0. The molecule has 0 aliphatic carbocycles. The van der Waals surface area contributed by atoms with E-state index in [1.807, 2.05) is 24.4 Å². The van der Waals surface area contributed by atoms with E-state index in [1.165, 1.54) is 0 Å². The second-order valence-corrected chi connectivity index (χ2v) is 6.00. The molecule has 0 radical (unpaired) electrons. The largest absolute Gasteiger partial charge is 0.361 e. The van der Waals surface area contributed by atoms with Crippen LogP contribution < -0.4 is 11.1 Å². The molecule has 0 saturated carbocycles. The number of H-pyrrole nitrogens is 1. The van der Waals surface area contributed by atoms with Crippen molar-refractivity contribution in [1.29, 1.82) is 0 Å². The lowest BCUT2D eigenvalue weighted by Crippen LogP contribution is -2.42. The van der Waals surface area contributed by atoms with Crippen molar-refractivity contribution in [3.8, 4) is 0 Å². The van der Waals surface area contributed by atoms with Gasteiger partial charge in [0.2, 0.25) is 5.91 Å². The van der Waals surface area contributed by atoms with Crippen molar-refractivity contribution in [2.45, 2.75) is 39.2 Å². The highest BCUT2D eigenvalue weighted by Gasteiger charge is 2.15. The molecule has 4 heteroatoms. The van der Waals surface area contributed by atoms with Gasteiger partial charge >= 0.3 is 0 Å². The van der Waals surface area contributed by atoms with Gasteiger partial charge in [0.15, 0.2) is 0 Å². The van der Waals surface area contributed by atoms with Crippen LogP contribution in [0.2, 0.25) is 0 Å². The van der Waals surface area contributed by atoms with Crippen molar-refractivity contribution in [3.63, 3.8) is 0 Å². The van der Waals surface area contributed by atoms with Gasteiger partial charge < -0.3 is 16.0 Å². The molecule has 21 heavy (non-hydrogen) atoms. The first-order valence-corrected chi connectivity index (χ1v) is 7.66. The van der Waals surface area contributed by atoms with Gasteiger partial charge in [-0.15, -0.1) is 0 Å². The van der Waals surface area contributed by atoms with Gasteiger partial charge in [0, 0.05) is 23.6 Å². The van der Waals surface area contributed by atoms with Crippen molar-refractivity contribution in [3.05, 3.63) is 36.0 Å². The van der Waals surface area contributed by atoms with Crippen LogP contribution in [0.15, 0.2) is 30.5 Å². The average molecular weight is 287 g/mol. The van der Waals surface area contributed by atoms with Gasteiger partial charge in [-0.2, -0.15) is 0 Å². The summed E-state index contributed by atoms with van der Waals surface area (Å²) in [6, 6.07) is 7.56. The smallest absolute Gasteiger partial charge is 0.237 e. The van der Waals surface area contributed by atoms with Crippen LogP contribution in [-0.4, -0.2) is 23.5 Å². The summed E-state index contributed by atoms with van der Waals surface area (Å²) in [6.45, 7) is 5.08. The zero-order chi connectivity index (χ0) is 15.2. The topological polar surface area (TPSA) is 70.9 Å². The number of aromatic amines is 1. The average Bonchev–Trinajstić information content (AvgIpc) is 2.86. The van der Waals surface area contributed by atoms with Crippen LogP contribution in [0.1, 0.15) is 32.3 Å². The van der Waals surface area contributed by atoms with E-state index >= 15 is 0 Å². The molecule has 2 aromatic rings. The second kappa shape index (κ2) is 7.27. The van der Waals surface area contributed by atoms with E-state index in [4.69, 9.17) is 5.73 Å². The Labute approximate surface area is 126 Å². The molecular formula is C17H25N3O. The van der Waals surface area contributed by atoms with Crippen LogP contribution in [0.25, 0.3) is 10.9 Å². The summed E-state index contributed by atoms with van der Waals surface area (Å²) in [6.07, 6.45) is 4.62. The lowest BCUT2D eigenvalue weighted by molar-refractivity contribution is -0.122. The van der Waals surface area contributed by atoms with Crippen LogP contribution in [0.3, 0.4) is 0 Å². The summed E-state index contributed by atoms with van der Waals surface area (Å²) >= 11 is 0. The van der Waals surface area contributed by atoms with Crippen molar-refractivity contribution in [2.24, 2.45) is 11.7 Å². The Morgan fingerprint density at radius 3 is 2.86 bits per heavy atom. The number of nitrogens with two attached hydrogens (primary N) is 1. The molecule has 4 N–H and O–H groups in total. The minimum absolute atomic E-state index is 0.0657. The normalized spacial score (nSPS) is 12.8. The molecule has 1 amide bonds. The van der Waals surface area contributed by atoms with Gasteiger partial charge in [-0.25, -0.2) is 0 Å². The first-order chi connectivity index (χ1) is 10.1. The number of carbonyl (C=O) groups is 1. The lowest BCUT2D eigenvalue weighted by Gasteiger charge is -2.12. The molecule has 1 atom stereocenters. The van der Waals surface area contributed by atoms with Crippen LogP contribution in [0.4, 0.5) is 0 Å². The number of amides is 1. The van der Waals surface area contributed by atoms with Gasteiger partial charge in [-0.3, -0.25) is 4.79 Å². The second-order valence-electron chi connectivity index (χ2n) is 6.00. The van der Waals surface area contributed by atoms with Gasteiger partial charge in [-0.05, 0) is 36.8 Å². The van der Waals surface area contributed by atoms with E-state index < -0.39 is 6.04 Å². The third-order valence-electron chi connectivity index (χ3n) is 3.71. The number of hydrogen-bond donors (Lipinski definition) is 3. The van der Waals surface area contributed by atoms with Crippen molar-refractivity contribution >= 4 is 16.8 Å². The highest BCUT2D eigenvalue weighted by molar-refractivity contribution is 5.86. The fraction of sp³-hybridized carbons (Fsp3) is 0.471.